The molecule has 7 nitrogen and oxygen atoms in total. The zero-order chi connectivity index (χ0) is 14.1. The minimum absolute atomic E-state index is 0.113. The number of anilines is 1. The largest absolute Gasteiger partial charge is 0.466 e. The SMILES string of the molecule is CCOC(=O)C1CC1=Cn1cnc2c(NC)ncnc21. The molecule has 1 unspecified atom stereocenters. The molecule has 0 spiro atoms. The van der Waals surface area contributed by atoms with E-state index in [0.717, 1.165) is 12.0 Å². The standard InChI is InChI=1S/C13H15N5O2/c1-3-20-13(19)9-4-8(9)5-18-7-17-10-11(14-2)15-6-16-12(10)18/h5-7,9H,3-4H2,1-2H3,(H,14,15,16). The predicted octanol–water partition coefficient (Wildman–Crippen LogP) is 1.29. The van der Waals surface area contributed by atoms with Crippen molar-refractivity contribution in [2.24, 2.45) is 5.92 Å². The number of esters is 1. The molecule has 0 saturated heterocycles. The van der Waals surface area contributed by atoms with E-state index in [9.17, 15) is 4.79 Å². The third-order valence-corrected chi connectivity index (χ3v) is 3.20. The number of fused-ring (bicyclic) bond motifs is 1. The van der Waals surface area contributed by atoms with Crippen molar-refractivity contribution >= 4 is 29.2 Å². The van der Waals surface area contributed by atoms with Gasteiger partial charge in [-0.1, -0.05) is 0 Å². The zero-order valence-corrected chi connectivity index (χ0v) is 11.3. The van der Waals surface area contributed by atoms with E-state index in [2.05, 4.69) is 20.3 Å². The van der Waals surface area contributed by atoms with E-state index in [4.69, 9.17) is 4.74 Å². The first kappa shape index (κ1) is 12.6. The molecule has 2 aromatic heterocycles. The van der Waals surface area contributed by atoms with Crippen LogP contribution in [0.4, 0.5) is 5.82 Å². The van der Waals surface area contributed by atoms with Crippen molar-refractivity contribution in [3.05, 3.63) is 18.2 Å². The molecule has 1 N–H and O–H groups in total. The van der Waals surface area contributed by atoms with E-state index in [1.807, 2.05) is 17.7 Å². The van der Waals surface area contributed by atoms with Gasteiger partial charge in [0.1, 0.15) is 12.7 Å². The third kappa shape index (κ3) is 2.11. The maximum Gasteiger partial charge on any atom is 0.313 e. The maximum atomic E-state index is 11.6. The second-order valence-corrected chi connectivity index (χ2v) is 4.51. The van der Waals surface area contributed by atoms with Gasteiger partial charge in [-0.3, -0.25) is 9.36 Å². The van der Waals surface area contributed by atoms with Crippen LogP contribution in [-0.4, -0.2) is 39.1 Å². The lowest BCUT2D eigenvalue weighted by Crippen LogP contribution is -2.05. The number of carbonyl (C=O) groups is 1. The Hall–Kier alpha value is -2.44. The molecule has 7 heteroatoms. The molecule has 0 radical (unpaired) electrons. The predicted molar refractivity (Wildman–Crippen MR) is 73.9 cm³/mol. The summed E-state index contributed by atoms with van der Waals surface area (Å²) in [4.78, 5) is 24.2. The molecule has 1 aliphatic rings. The molecule has 1 aliphatic carbocycles. The Bertz CT molecular complexity index is 691. The lowest BCUT2D eigenvalue weighted by molar-refractivity contribution is -0.144. The molecule has 1 fully saturated rings. The molecular weight excluding hydrogens is 258 g/mol. The summed E-state index contributed by atoms with van der Waals surface area (Å²) in [6, 6.07) is 0. The van der Waals surface area contributed by atoms with E-state index >= 15 is 0 Å². The Morgan fingerprint density at radius 1 is 1.55 bits per heavy atom. The monoisotopic (exact) mass is 273 g/mol. The van der Waals surface area contributed by atoms with Gasteiger partial charge in [0.05, 0.1) is 12.5 Å². The van der Waals surface area contributed by atoms with Crippen LogP contribution in [0.15, 0.2) is 18.2 Å². The number of nitrogens with zero attached hydrogens (tertiary/aromatic N) is 4. The summed E-state index contributed by atoms with van der Waals surface area (Å²) in [5.41, 5.74) is 2.46. The van der Waals surface area contributed by atoms with Gasteiger partial charge in [0.15, 0.2) is 17.0 Å². The highest BCUT2D eigenvalue weighted by atomic mass is 16.5. The first-order chi connectivity index (χ1) is 9.74. The summed E-state index contributed by atoms with van der Waals surface area (Å²) in [5.74, 6) is 0.414. The van der Waals surface area contributed by atoms with Crippen molar-refractivity contribution in [3.63, 3.8) is 0 Å². The lowest BCUT2D eigenvalue weighted by atomic mass is 10.4. The van der Waals surface area contributed by atoms with Gasteiger partial charge >= 0.3 is 5.97 Å². The van der Waals surface area contributed by atoms with Gasteiger partial charge in [0.2, 0.25) is 0 Å². The molecule has 1 atom stereocenters. The van der Waals surface area contributed by atoms with Crippen LogP contribution >= 0.6 is 0 Å². The van der Waals surface area contributed by atoms with Crippen molar-refractivity contribution < 1.29 is 9.53 Å². The molecule has 0 aromatic carbocycles. The molecule has 0 aliphatic heterocycles. The maximum absolute atomic E-state index is 11.6. The Morgan fingerprint density at radius 2 is 2.40 bits per heavy atom. The molecule has 0 bridgehead atoms. The van der Waals surface area contributed by atoms with Crippen LogP contribution in [0.2, 0.25) is 0 Å². The quantitative estimate of drug-likeness (QED) is 0.845. The fourth-order valence-corrected chi connectivity index (χ4v) is 2.11. The van der Waals surface area contributed by atoms with Crippen molar-refractivity contribution in [2.45, 2.75) is 13.3 Å². The molecule has 3 rings (SSSR count). The summed E-state index contributed by atoms with van der Waals surface area (Å²) in [5, 5.41) is 2.97. The number of ether oxygens (including phenoxy) is 1. The Balaban J connectivity index is 1.88. The Kier molecular flexibility index (Phi) is 3.09. The highest BCUT2D eigenvalue weighted by molar-refractivity contribution is 5.86. The zero-order valence-electron chi connectivity index (χ0n) is 11.3. The number of hydrogen-bond acceptors (Lipinski definition) is 6. The van der Waals surface area contributed by atoms with Crippen molar-refractivity contribution in [3.8, 4) is 0 Å². The van der Waals surface area contributed by atoms with E-state index in [-0.39, 0.29) is 11.9 Å². The van der Waals surface area contributed by atoms with Crippen molar-refractivity contribution in [2.75, 3.05) is 19.0 Å². The number of aromatic nitrogens is 4. The second-order valence-electron chi connectivity index (χ2n) is 4.51. The molecule has 2 aromatic rings. The number of imidazole rings is 1. The molecule has 2 heterocycles. The number of carbonyl (C=O) groups excluding carboxylic acids is 1. The molecule has 20 heavy (non-hydrogen) atoms. The van der Waals surface area contributed by atoms with Gasteiger partial charge in [-0.15, -0.1) is 0 Å². The molecular formula is C13H15N5O2. The normalized spacial score (nSPS) is 19.3. The van der Waals surface area contributed by atoms with Crippen LogP contribution in [0.5, 0.6) is 0 Å². The fourth-order valence-electron chi connectivity index (χ4n) is 2.11. The molecule has 1 saturated carbocycles. The summed E-state index contributed by atoms with van der Waals surface area (Å²) >= 11 is 0. The van der Waals surface area contributed by atoms with Gasteiger partial charge < -0.3 is 10.1 Å². The average molecular weight is 273 g/mol. The van der Waals surface area contributed by atoms with Gasteiger partial charge in [0.25, 0.3) is 0 Å². The summed E-state index contributed by atoms with van der Waals surface area (Å²) < 4.78 is 6.81. The highest BCUT2D eigenvalue weighted by Crippen LogP contribution is 2.39. The fraction of sp³-hybridized carbons (Fsp3) is 0.385. The second kappa shape index (κ2) is 4.92. The Labute approximate surface area is 115 Å². The minimum atomic E-state index is -0.159. The smallest absolute Gasteiger partial charge is 0.313 e. The summed E-state index contributed by atoms with van der Waals surface area (Å²) in [6.07, 6.45) is 5.79. The topological polar surface area (TPSA) is 81.9 Å². The molecule has 104 valence electrons. The average Bonchev–Trinajstić information content (AvgIpc) is 3.11. The van der Waals surface area contributed by atoms with Crippen LogP contribution in [0.25, 0.3) is 17.4 Å². The first-order valence-electron chi connectivity index (χ1n) is 6.47. The van der Waals surface area contributed by atoms with E-state index in [1.54, 1.807) is 13.4 Å². The van der Waals surface area contributed by atoms with Crippen molar-refractivity contribution in [1.29, 1.82) is 0 Å². The van der Waals surface area contributed by atoms with Crippen LogP contribution in [0.1, 0.15) is 13.3 Å². The van der Waals surface area contributed by atoms with Crippen LogP contribution in [-0.2, 0) is 9.53 Å². The molecule has 0 amide bonds. The van der Waals surface area contributed by atoms with Gasteiger partial charge in [-0.2, -0.15) is 0 Å². The highest BCUT2D eigenvalue weighted by Gasteiger charge is 2.38. The van der Waals surface area contributed by atoms with Crippen LogP contribution in [0, 0.1) is 5.92 Å². The number of hydrogen-bond donors (Lipinski definition) is 1. The van der Waals surface area contributed by atoms with E-state index in [1.165, 1.54) is 6.33 Å². The van der Waals surface area contributed by atoms with Gasteiger partial charge in [-0.25, -0.2) is 15.0 Å². The van der Waals surface area contributed by atoms with E-state index in [0.29, 0.717) is 23.6 Å². The van der Waals surface area contributed by atoms with E-state index < -0.39 is 0 Å². The minimum Gasteiger partial charge on any atom is -0.466 e. The third-order valence-electron chi connectivity index (χ3n) is 3.20. The summed E-state index contributed by atoms with van der Waals surface area (Å²) in [6.45, 7) is 2.22. The number of nitrogens with one attached hydrogen (secondary N) is 1. The van der Waals surface area contributed by atoms with Crippen LogP contribution < -0.4 is 5.32 Å². The van der Waals surface area contributed by atoms with Crippen molar-refractivity contribution in [1.82, 2.24) is 19.5 Å². The lowest BCUT2D eigenvalue weighted by Gasteiger charge is -1.99. The van der Waals surface area contributed by atoms with Gasteiger partial charge in [0, 0.05) is 13.2 Å². The first-order valence-corrected chi connectivity index (χ1v) is 6.47. The van der Waals surface area contributed by atoms with Crippen LogP contribution in [0.3, 0.4) is 0 Å². The number of rotatable bonds is 4. The Morgan fingerprint density at radius 3 is 3.15 bits per heavy atom. The van der Waals surface area contributed by atoms with Gasteiger partial charge in [-0.05, 0) is 18.9 Å². The summed E-state index contributed by atoms with van der Waals surface area (Å²) in [7, 11) is 1.79.